The predicted molar refractivity (Wildman–Crippen MR) is 800 cm³/mol. The van der Waals surface area contributed by atoms with Crippen LogP contribution in [0.1, 0.15) is 0 Å². The molecule has 0 aliphatic carbocycles. The summed E-state index contributed by atoms with van der Waals surface area (Å²) in [6.45, 7) is 0. The summed E-state index contributed by atoms with van der Waals surface area (Å²) >= 11 is 91.8. The summed E-state index contributed by atoms with van der Waals surface area (Å²) in [5.74, 6) is 0. The average Bonchev–Trinajstić information content (AvgIpc) is 3.21. The van der Waals surface area contributed by atoms with Crippen molar-refractivity contribution in [3.8, 4) is 0 Å². The molecule has 0 N–H and O–H groups in total. The molecule has 0 aliphatic heterocycles. The Morgan fingerprint density at radius 1 is 0.138 bits per heavy atom. The van der Waals surface area contributed by atoms with Crippen molar-refractivity contribution in [1.82, 2.24) is 0 Å². The zero-order valence-corrected chi connectivity index (χ0v) is 145. The minimum absolute atomic E-state index is 0.479. The van der Waals surface area contributed by atoms with Gasteiger partial charge < -0.3 is 0 Å². The van der Waals surface area contributed by atoms with E-state index in [1.807, 2.05) is 0 Å². The van der Waals surface area contributed by atoms with E-state index in [9.17, 15) is 2.86 Å². The molecule has 406 valence electrons. The van der Waals surface area contributed by atoms with Crippen LogP contribution in [0.3, 0.4) is 0 Å². The van der Waals surface area contributed by atoms with Crippen molar-refractivity contribution in [1.29, 1.82) is 0 Å². The molecule has 0 aromatic rings. The molecule has 0 saturated carbocycles. The van der Waals surface area contributed by atoms with Crippen molar-refractivity contribution in [2.45, 2.75) is 0 Å². The summed E-state index contributed by atoms with van der Waals surface area (Å²) in [6.07, 6.45) is 0. The summed E-state index contributed by atoms with van der Waals surface area (Å²) in [7, 11) is -17.1. The fourth-order valence-electron chi connectivity index (χ4n) is 0.802. The van der Waals surface area contributed by atoms with E-state index < -0.39 is 226 Å². The molecule has 0 aromatic carbocycles. The van der Waals surface area contributed by atoms with Gasteiger partial charge in [0.2, 0.25) is 0 Å². The third kappa shape index (κ3) is 40.7. The zero-order chi connectivity index (χ0) is 46.2. The number of hydrogen-bond acceptors (Lipinski definition) is 0. The van der Waals surface area contributed by atoms with Gasteiger partial charge in [0, 0.05) is 0 Å². The van der Waals surface area contributed by atoms with Crippen molar-refractivity contribution in [3.05, 3.63) is 0 Å². The molecule has 0 spiro atoms. The summed E-state index contributed by atoms with van der Waals surface area (Å²) in [5.41, 5.74) is 0. The zero-order valence-electron chi connectivity index (χ0n) is 21.9. The van der Waals surface area contributed by atoms with Crippen LogP contribution in [0.5, 0.6) is 0 Å². The Labute approximate surface area is 722 Å². The molecule has 0 aromatic heterocycles. The van der Waals surface area contributed by atoms with Gasteiger partial charge in [-0.15, -0.1) is 0 Å². The normalized spacial score (nSPS) is 18.9. The van der Waals surface area contributed by atoms with E-state index in [1.54, 1.807) is 0 Å². The monoisotopic (exact) mass is 7250 g/mol. The SMILES string of the molecule is FI(I)I(I)I(I)I(I)I(I)I(I)I(I)I(I)I(I)I(I)I(I)I(I)I(I)I(I)I(I)I(I)I(I)I(I)I(I)I(I)I(I)I(I)I(I)I(I)I(I)I(I)I(I)I(I)I. The van der Waals surface area contributed by atoms with Gasteiger partial charge in [0.05, 0.1) is 0 Å². The van der Waals surface area contributed by atoms with E-state index in [2.05, 4.69) is 540 Å². The standard InChI is InChI=1S/FI57/c1-31(2)33(5)35(7)37(9)39(11)41(13)43(15)45(17)47(19)49(21)51(23)53(25)55(27)57(29)58(30)56(28)54(26)52(24)50(22)48(20)46(18)44(16)42(14)40(12)38(10)36(8)34(6)32(3)4. The van der Waals surface area contributed by atoms with E-state index in [1.165, 1.54) is 0 Å². The minimum atomic E-state index is -1.98. The van der Waals surface area contributed by atoms with Gasteiger partial charge in [-0.2, -0.15) is 0 Å². The van der Waals surface area contributed by atoms with Gasteiger partial charge in [-0.3, -0.25) is 0 Å². The Bertz CT molecular complexity index is 993. The molecule has 0 radical (unpaired) electrons. The van der Waals surface area contributed by atoms with Gasteiger partial charge in [-0.05, 0) is 0 Å². The van der Waals surface area contributed by atoms with E-state index in [0.717, 1.165) is 0 Å². The Kier molecular flexibility index (Phi) is 102. The first-order valence-corrected chi connectivity index (χ1v) is 361. The van der Waals surface area contributed by atoms with Crippen LogP contribution in [0.2, 0.25) is 0 Å². The Morgan fingerprint density at radius 3 is 0.310 bits per heavy atom. The Morgan fingerprint density at radius 2 is 0.224 bits per heavy atom. The van der Waals surface area contributed by atoms with E-state index >= 15 is 0 Å². The molecule has 0 atom stereocenters. The van der Waals surface area contributed by atoms with Gasteiger partial charge >= 0.3 is 768 Å². The molecule has 0 fully saturated rings. The molecule has 0 rings (SSSR count). The van der Waals surface area contributed by atoms with Crippen LogP contribution in [0.15, 0.2) is 0 Å². The second-order valence-corrected chi connectivity index (χ2v) is 1340. The van der Waals surface area contributed by atoms with Gasteiger partial charge in [0.1, 0.15) is 0 Å². The molecular weight excluding hydrogens is 7250 g/mol. The van der Waals surface area contributed by atoms with Crippen molar-refractivity contribution >= 4 is 765 Å². The molecule has 58 heavy (non-hydrogen) atoms. The second-order valence-electron chi connectivity index (χ2n) is 4.54. The molecule has 0 bridgehead atoms. The predicted octanol–water partition coefficient (Wildman–Crippen LogP) is 50.9. The van der Waals surface area contributed by atoms with Crippen LogP contribution in [-0.4, -0.2) is 0 Å². The second kappa shape index (κ2) is 59.5. The van der Waals surface area contributed by atoms with Crippen LogP contribution in [-0.2, 0) is 0 Å². The molecule has 0 heterocycles. The van der Waals surface area contributed by atoms with Gasteiger partial charge in [-0.25, -0.2) is 0 Å². The van der Waals surface area contributed by atoms with Crippen molar-refractivity contribution in [2.24, 2.45) is 0 Å². The Balaban J connectivity index is 5.65. The first kappa shape index (κ1) is 99.5. The fraction of sp³-hybridized carbons (Fsp3) is 0. The van der Waals surface area contributed by atoms with Gasteiger partial charge in [0.25, 0.3) is 0 Å². The third-order valence-corrected chi connectivity index (χ3v) is 4390. The quantitative estimate of drug-likeness (QED) is 0.0719. The summed E-state index contributed by atoms with van der Waals surface area (Å²) in [5, 5.41) is 0. The average molecular weight is 7250 g/mol. The molecule has 0 amide bonds. The van der Waals surface area contributed by atoms with E-state index in [4.69, 9.17) is 0 Å². The summed E-state index contributed by atoms with van der Waals surface area (Å²) < 4.78 is 14.6. The van der Waals surface area contributed by atoms with Crippen molar-refractivity contribution < 1.29 is 2.86 Å². The van der Waals surface area contributed by atoms with Crippen LogP contribution in [0.25, 0.3) is 0 Å². The van der Waals surface area contributed by atoms with Crippen LogP contribution in [0.4, 0.5) is 2.86 Å². The number of rotatable bonds is 27. The summed E-state index contributed by atoms with van der Waals surface area (Å²) in [4.78, 5) is 0. The number of hydrogen-bond donors (Lipinski definition) is 0. The first-order chi connectivity index (χ1) is 26.3. The molecule has 0 aliphatic rings. The van der Waals surface area contributed by atoms with E-state index in [-0.39, 0.29) is 0 Å². The van der Waals surface area contributed by atoms with Crippen molar-refractivity contribution in [2.75, 3.05) is 0 Å². The third-order valence-electron chi connectivity index (χ3n) is 2.20. The maximum atomic E-state index is 14.6. The van der Waals surface area contributed by atoms with Gasteiger partial charge in [0.15, 0.2) is 0 Å². The maximum absolute atomic E-state index is 14.6. The van der Waals surface area contributed by atoms with E-state index in [0.29, 0.717) is 0 Å². The molecule has 0 nitrogen and oxygen atoms in total. The van der Waals surface area contributed by atoms with Crippen LogP contribution < -0.4 is 0 Å². The number of halogens is 58. The summed E-state index contributed by atoms with van der Waals surface area (Å²) in [6, 6.07) is 0. The fourth-order valence-corrected chi connectivity index (χ4v) is 10700. The topological polar surface area (TPSA) is 0 Å². The van der Waals surface area contributed by atoms with Crippen LogP contribution in [0, 0.1) is 0 Å². The molecule has 0 unspecified atom stereocenters. The molecule has 0 saturated heterocycles. The molecule has 58 heteroatoms. The Hall–Kier alpha value is 41.5. The molecular formula is FI57. The van der Waals surface area contributed by atoms with Crippen LogP contribution >= 0.6 is 765 Å². The first-order valence-electron chi connectivity index (χ1n) is 8.14. The van der Waals surface area contributed by atoms with Gasteiger partial charge in [-0.1, -0.05) is 0 Å². The van der Waals surface area contributed by atoms with Crippen molar-refractivity contribution in [3.63, 3.8) is 0 Å².